The van der Waals surface area contributed by atoms with E-state index in [1.807, 2.05) is 18.7 Å². The molecule has 36 heavy (non-hydrogen) atoms. The van der Waals surface area contributed by atoms with Gasteiger partial charge in [0.2, 0.25) is 0 Å². The monoisotopic (exact) mass is 495 g/mol. The van der Waals surface area contributed by atoms with Gasteiger partial charge in [-0.1, -0.05) is 12.1 Å². The predicted molar refractivity (Wildman–Crippen MR) is 131 cm³/mol. The molecule has 1 amide bonds. The first-order valence-corrected chi connectivity index (χ1v) is 11.4. The van der Waals surface area contributed by atoms with Gasteiger partial charge in [-0.15, -0.1) is 0 Å². The number of nitrogens with zero attached hydrogens (tertiary/aromatic N) is 3. The van der Waals surface area contributed by atoms with Crippen LogP contribution in [0.2, 0.25) is 0 Å². The van der Waals surface area contributed by atoms with Crippen LogP contribution >= 0.6 is 0 Å². The van der Waals surface area contributed by atoms with Gasteiger partial charge in [-0.3, -0.25) is 4.79 Å². The summed E-state index contributed by atoms with van der Waals surface area (Å²) in [4.78, 5) is 26.2. The summed E-state index contributed by atoms with van der Waals surface area (Å²) < 4.78 is 48.2. The summed E-state index contributed by atoms with van der Waals surface area (Å²) in [5.74, 6) is -0.0700. The fourth-order valence-corrected chi connectivity index (χ4v) is 4.37. The average Bonchev–Trinajstić information content (AvgIpc) is 3.27. The third-order valence-electron chi connectivity index (χ3n) is 6.02. The Morgan fingerprint density at radius 2 is 1.97 bits per heavy atom. The number of anilines is 2. The molecular weight excluding hydrogens is 471 g/mol. The molecule has 186 valence electrons. The molecule has 4 aromatic rings. The summed E-state index contributed by atoms with van der Waals surface area (Å²) in [6, 6.07) is 14.2. The van der Waals surface area contributed by atoms with Crippen LogP contribution in [0.5, 0.6) is 0 Å². The van der Waals surface area contributed by atoms with Gasteiger partial charge in [-0.05, 0) is 56.3 Å². The minimum atomic E-state index is -4.61. The van der Waals surface area contributed by atoms with Crippen molar-refractivity contribution >= 4 is 28.4 Å². The number of pyridine rings is 1. The van der Waals surface area contributed by atoms with E-state index in [2.05, 4.69) is 20.3 Å². The van der Waals surface area contributed by atoms with Crippen LogP contribution in [-0.2, 0) is 10.9 Å². The molecule has 0 radical (unpaired) electrons. The van der Waals surface area contributed by atoms with E-state index in [0.717, 1.165) is 6.07 Å². The molecule has 2 aromatic heterocycles. The summed E-state index contributed by atoms with van der Waals surface area (Å²) >= 11 is 0. The highest BCUT2D eigenvalue weighted by Gasteiger charge is 2.36. The number of nitrogens with one attached hydrogen (secondary N) is 2. The molecule has 10 heteroatoms. The van der Waals surface area contributed by atoms with E-state index in [4.69, 9.17) is 4.74 Å². The second-order valence-corrected chi connectivity index (χ2v) is 9.21. The summed E-state index contributed by atoms with van der Waals surface area (Å²) in [5.41, 5.74) is 0.0587. The number of H-pyrrole nitrogens is 1. The highest BCUT2D eigenvalue weighted by Crippen LogP contribution is 2.39. The van der Waals surface area contributed by atoms with Crippen molar-refractivity contribution in [2.24, 2.45) is 0 Å². The van der Waals surface area contributed by atoms with E-state index in [-0.39, 0.29) is 22.5 Å². The van der Waals surface area contributed by atoms with Crippen LogP contribution in [0.25, 0.3) is 22.4 Å². The summed E-state index contributed by atoms with van der Waals surface area (Å²) in [7, 11) is 0. The molecule has 0 unspecified atom stereocenters. The summed E-state index contributed by atoms with van der Waals surface area (Å²) in [6.07, 6.45) is -3.06. The van der Waals surface area contributed by atoms with Crippen molar-refractivity contribution in [3.63, 3.8) is 0 Å². The van der Waals surface area contributed by atoms with Gasteiger partial charge in [0.25, 0.3) is 5.91 Å². The number of benzene rings is 2. The number of aromatic amines is 1. The fourth-order valence-electron chi connectivity index (χ4n) is 4.37. The Bertz CT molecular complexity index is 1420. The number of alkyl halides is 3. The van der Waals surface area contributed by atoms with Crippen molar-refractivity contribution in [1.29, 1.82) is 0 Å². The Balaban J connectivity index is 1.53. The highest BCUT2D eigenvalue weighted by atomic mass is 19.4. The first-order chi connectivity index (χ1) is 17.1. The topological polar surface area (TPSA) is 83.1 Å². The van der Waals surface area contributed by atoms with Crippen LogP contribution in [0.3, 0.4) is 0 Å². The highest BCUT2D eigenvalue weighted by molar-refractivity contribution is 6.11. The number of hydrogen-bond acceptors (Lipinski definition) is 5. The van der Waals surface area contributed by atoms with Crippen LogP contribution in [0.4, 0.5) is 24.7 Å². The Morgan fingerprint density at radius 3 is 2.69 bits per heavy atom. The van der Waals surface area contributed by atoms with E-state index < -0.39 is 23.2 Å². The zero-order chi connectivity index (χ0) is 25.5. The van der Waals surface area contributed by atoms with Crippen molar-refractivity contribution < 1.29 is 22.7 Å². The second-order valence-electron chi connectivity index (χ2n) is 9.21. The minimum Gasteiger partial charge on any atom is -0.372 e. The number of para-hydroxylation sites is 1. The number of imidazole rings is 1. The van der Waals surface area contributed by atoms with Crippen molar-refractivity contribution in [2.75, 3.05) is 29.9 Å². The quantitative estimate of drug-likeness (QED) is 0.390. The lowest BCUT2D eigenvalue weighted by Gasteiger charge is -2.39. The maximum Gasteiger partial charge on any atom is 0.417 e. The van der Waals surface area contributed by atoms with Crippen LogP contribution < -0.4 is 10.2 Å². The van der Waals surface area contributed by atoms with E-state index in [1.54, 1.807) is 48.7 Å². The summed E-state index contributed by atoms with van der Waals surface area (Å²) in [5, 5.41) is 2.69. The minimum absolute atomic E-state index is 0.0317. The number of rotatable bonds is 4. The van der Waals surface area contributed by atoms with Gasteiger partial charge < -0.3 is 19.9 Å². The van der Waals surface area contributed by atoms with Gasteiger partial charge in [0, 0.05) is 30.5 Å². The standard InChI is InChI=1S/C26H24F3N5O2/c1-25(2)15-34(12-13-36-25)16-9-10-17(19(14-16)26(27,28)29)23-31-20-7-5-6-18(22(20)33-23)24(35)32-21-8-3-4-11-30-21/h3-11,14H,12-13,15H2,1-2H3,(H,31,33)(H,30,32,35). The number of ether oxygens (including phenoxy) is 1. The molecule has 0 aliphatic carbocycles. The molecule has 2 N–H and O–H groups in total. The van der Waals surface area contributed by atoms with Crippen LogP contribution in [0.15, 0.2) is 60.8 Å². The maximum atomic E-state index is 14.2. The third-order valence-corrected chi connectivity index (χ3v) is 6.02. The molecular formula is C26H24F3N5O2. The predicted octanol–water partition coefficient (Wildman–Crippen LogP) is 5.51. The van der Waals surface area contributed by atoms with Gasteiger partial charge in [0.1, 0.15) is 17.2 Å². The van der Waals surface area contributed by atoms with Crippen molar-refractivity contribution in [3.05, 3.63) is 71.9 Å². The van der Waals surface area contributed by atoms with Gasteiger partial charge >= 0.3 is 6.18 Å². The zero-order valence-electron chi connectivity index (χ0n) is 19.7. The first-order valence-electron chi connectivity index (χ1n) is 11.4. The first kappa shape index (κ1) is 23.8. The lowest BCUT2D eigenvalue weighted by molar-refractivity contribution is -0.137. The van der Waals surface area contributed by atoms with Crippen LogP contribution in [0, 0.1) is 0 Å². The smallest absolute Gasteiger partial charge is 0.372 e. The van der Waals surface area contributed by atoms with Gasteiger partial charge in [0.15, 0.2) is 0 Å². The molecule has 2 aromatic carbocycles. The van der Waals surface area contributed by atoms with Crippen molar-refractivity contribution in [2.45, 2.75) is 25.6 Å². The average molecular weight is 496 g/mol. The van der Waals surface area contributed by atoms with E-state index >= 15 is 0 Å². The molecule has 1 fully saturated rings. The second kappa shape index (κ2) is 8.94. The Kier molecular flexibility index (Phi) is 5.91. The SMILES string of the molecule is CC1(C)CN(c2ccc(-c3nc4c(C(=O)Nc5ccccn5)cccc4[nH]3)c(C(F)(F)F)c2)CCO1. The Labute approximate surface area is 205 Å². The molecule has 0 bridgehead atoms. The molecule has 1 aliphatic heterocycles. The molecule has 0 spiro atoms. The number of carbonyl (C=O) groups excluding carboxylic acids is 1. The Hall–Kier alpha value is -3.92. The number of halogens is 3. The molecule has 0 atom stereocenters. The normalized spacial score (nSPS) is 15.8. The van der Waals surface area contributed by atoms with Gasteiger partial charge in [-0.2, -0.15) is 13.2 Å². The number of carbonyl (C=O) groups is 1. The zero-order valence-corrected chi connectivity index (χ0v) is 19.7. The van der Waals surface area contributed by atoms with E-state index in [0.29, 0.717) is 36.7 Å². The third kappa shape index (κ3) is 4.76. The van der Waals surface area contributed by atoms with Crippen molar-refractivity contribution in [3.8, 4) is 11.4 Å². The molecule has 7 nitrogen and oxygen atoms in total. The number of hydrogen-bond donors (Lipinski definition) is 2. The number of amides is 1. The van der Waals surface area contributed by atoms with E-state index in [9.17, 15) is 18.0 Å². The lowest BCUT2D eigenvalue weighted by Crippen LogP contribution is -2.48. The summed E-state index contributed by atoms with van der Waals surface area (Å²) in [6.45, 7) is 5.23. The maximum absolute atomic E-state index is 14.2. The lowest BCUT2D eigenvalue weighted by atomic mass is 10.0. The molecule has 3 heterocycles. The van der Waals surface area contributed by atoms with Crippen LogP contribution in [-0.4, -0.2) is 46.2 Å². The Morgan fingerprint density at radius 1 is 1.14 bits per heavy atom. The number of morpholine rings is 1. The molecule has 5 rings (SSSR count). The van der Waals surface area contributed by atoms with E-state index in [1.165, 1.54) is 6.07 Å². The number of fused-ring (bicyclic) bond motifs is 1. The van der Waals surface area contributed by atoms with Gasteiger partial charge in [0.05, 0.1) is 28.9 Å². The molecule has 1 saturated heterocycles. The number of aromatic nitrogens is 3. The molecule has 1 aliphatic rings. The largest absolute Gasteiger partial charge is 0.417 e. The van der Waals surface area contributed by atoms with Crippen LogP contribution in [0.1, 0.15) is 29.8 Å². The molecule has 0 saturated carbocycles. The van der Waals surface area contributed by atoms with Gasteiger partial charge in [-0.25, -0.2) is 9.97 Å². The van der Waals surface area contributed by atoms with Crippen molar-refractivity contribution in [1.82, 2.24) is 15.0 Å². The fraction of sp³-hybridized carbons (Fsp3) is 0.269.